The predicted octanol–water partition coefficient (Wildman–Crippen LogP) is 5.18. The first-order chi connectivity index (χ1) is 10.1. The lowest BCUT2D eigenvalue weighted by Crippen LogP contribution is -2.06. The number of aryl methyl sites for hydroxylation is 1. The van der Waals surface area contributed by atoms with Gasteiger partial charge in [0.2, 0.25) is 0 Å². The van der Waals surface area contributed by atoms with Crippen molar-refractivity contribution in [1.29, 1.82) is 0 Å². The van der Waals surface area contributed by atoms with Gasteiger partial charge in [0.15, 0.2) is 0 Å². The molecule has 21 heavy (non-hydrogen) atoms. The molecule has 4 heteroatoms. The van der Waals surface area contributed by atoms with E-state index >= 15 is 0 Å². The molecule has 0 bridgehead atoms. The number of ether oxygens (including phenoxy) is 1. The Balaban J connectivity index is 2.33. The van der Waals surface area contributed by atoms with Crippen LogP contribution >= 0.6 is 34.4 Å². The van der Waals surface area contributed by atoms with E-state index in [-0.39, 0.29) is 5.97 Å². The minimum absolute atomic E-state index is 0.249. The molecule has 2 aromatic rings. The normalized spacial score (nSPS) is 10.4. The Kier molecular flexibility index (Phi) is 6.11. The molecule has 0 aliphatic heterocycles. The van der Waals surface area contributed by atoms with Crippen molar-refractivity contribution in [2.45, 2.75) is 30.1 Å². The maximum atomic E-state index is 12.1. The lowest BCUT2D eigenvalue weighted by molar-refractivity contribution is 0.0522. The minimum Gasteiger partial charge on any atom is -0.462 e. The molecule has 0 N–H and O–H groups in total. The highest BCUT2D eigenvalue weighted by atomic mass is 127. The van der Waals surface area contributed by atoms with Crippen LogP contribution in [0.25, 0.3) is 0 Å². The summed E-state index contributed by atoms with van der Waals surface area (Å²) in [6, 6.07) is 14.3. The highest BCUT2D eigenvalue weighted by Gasteiger charge is 2.14. The first-order valence-corrected chi connectivity index (χ1v) is 8.77. The third-order valence-corrected chi connectivity index (χ3v) is 4.79. The van der Waals surface area contributed by atoms with Crippen LogP contribution in [-0.4, -0.2) is 12.6 Å². The van der Waals surface area contributed by atoms with Crippen molar-refractivity contribution in [2.24, 2.45) is 0 Å². The van der Waals surface area contributed by atoms with E-state index in [9.17, 15) is 4.79 Å². The summed E-state index contributed by atoms with van der Waals surface area (Å²) < 4.78 is 6.37. The molecule has 0 spiro atoms. The van der Waals surface area contributed by atoms with Crippen molar-refractivity contribution in [2.75, 3.05) is 6.61 Å². The zero-order valence-corrected chi connectivity index (χ0v) is 15.0. The number of carbonyl (C=O) groups is 1. The molecule has 0 aliphatic rings. The lowest BCUT2D eigenvalue weighted by atomic mass is 10.1. The predicted molar refractivity (Wildman–Crippen MR) is 95.1 cm³/mol. The molecule has 2 rings (SSSR count). The van der Waals surface area contributed by atoms with Crippen molar-refractivity contribution in [1.82, 2.24) is 0 Å². The molecule has 0 saturated heterocycles. The van der Waals surface area contributed by atoms with Crippen LogP contribution < -0.4 is 0 Å². The second-order valence-electron chi connectivity index (χ2n) is 4.46. The zero-order chi connectivity index (χ0) is 15.2. The quantitative estimate of drug-likeness (QED) is 0.500. The van der Waals surface area contributed by atoms with E-state index in [1.165, 1.54) is 3.57 Å². The number of hydrogen-bond acceptors (Lipinski definition) is 3. The van der Waals surface area contributed by atoms with Gasteiger partial charge in [0.05, 0.1) is 12.2 Å². The molecule has 0 unspecified atom stereocenters. The summed E-state index contributed by atoms with van der Waals surface area (Å²) in [5, 5.41) is 0. The Labute approximate surface area is 143 Å². The van der Waals surface area contributed by atoms with Crippen LogP contribution in [0, 0.1) is 3.57 Å². The lowest BCUT2D eigenvalue weighted by Gasteiger charge is -2.10. The monoisotopic (exact) mass is 412 g/mol. The molecule has 0 fully saturated rings. The highest BCUT2D eigenvalue weighted by Crippen LogP contribution is 2.32. The van der Waals surface area contributed by atoms with E-state index in [0.29, 0.717) is 12.2 Å². The Hall–Kier alpha value is -1.01. The first kappa shape index (κ1) is 16.4. The smallest absolute Gasteiger partial charge is 0.339 e. The summed E-state index contributed by atoms with van der Waals surface area (Å²) in [5.74, 6) is -0.249. The van der Waals surface area contributed by atoms with Gasteiger partial charge in [-0.3, -0.25) is 0 Å². The van der Waals surface area contributed by atoms with Crippen LogP contribution in [-0.2, 0) is 11.2 Å². The van der Waals surface area contributed by atoms with Gasteiger partial charge in [-0.1, -0.05) is 24.8 Å². The summed E-state index contributed by atoms with van der Waals surface area (Å²) in [4.78, 5) is 14.2. The van der Waals surface area contributed by atoms with E-state index in [1.54, 1.807) is 11.8 Å². The van der Waals surface area contributed by atoms with E-state index in [4.69, 9.17) is 4.74 Å². The fraction of sp³-hybridized carbons (Fsp3) is 0.235. The molecular formula is C17H17IO2S. The third kappa shape index (κ3) is 4.48. The van der Waals surface area contributed by atoms with Gasteiger partial charge in [-0.15, -0.1) is 0 Å². The SMILES string of the molecule is CCOC(=O)c1cc(CC)ccc1Sc1ccc(I)cc1. The van der Waals surface area contributed by atoms with Crippen LogP contribution in [0.1, 0.15) is 29.8 Å². The Morgan fingerprint density at radius 3 is 2.48 bits per heavy atom. The number of rotatable bonds is 5. The van der Waals surface area contributed by atoms with E-state index in [2.05, 4.69) is 59.8 Å². The van der Waals surface area contributed by atoms with Gasteiger partial charge in [-0.25, -0.2) is 4.79 Å². The number of halogens is 1. The molecule has 0 aliphatic carbocycles. The van der Waals surface area contributed by atoms with Gasteiger partial charge in [-0.05, 0) is 77.9 Å². The summed E-state index contributed by atoms with van der Waals surface area (Å²) in [6.45, 7) is 4.30. The van der Waals surface area contributed by atoms with Gasteiger partial charge in [-0.2, -0.15) is 0 Å². The average molecular weight is 412 g/mol. The number of carbonyl (C=O) groups excluding carboxylic acids is 1. The maximum absolute atomic E-state index is 12.1. The molecule has 0 atom stereocenters. The molecule has 110 valence electrons. The Morgan fingerprint density at radius 1 is 1.14 bits per heavy atom. The molecule has 2 aromatic carbocycles. The molecule has 0 radical (unpaired) electrons. The van der Waals surface area contributed by atoms with Crippen LogP contribution in [0.5, 0.6) is 0 Å². The Morgan fingerprint density at radius 2 is 1.86 bits per heavy atom. The van der Waals surface area contributed by atoms with Crippen LogP contribution in [0.4, 0.5) is 0 Å². The van der Waals surface area contributed by atoms with Crippen molar-refractivity contribution in [3.05, 3.63) is 57.2 Å². The average Bonchev–Trinajstić information content (AvgIpc) is 2.50. The van der Waals surface area contributed by atoms with Crippen molar-refractivity contribution < 1.29 is 9.53 Å². The topological polar surface area (TPSA) is 26.3 Å². The second kappa shape index (κ2) is 7.84. The maximum Gasteiger partial charge on any atom is 0.339 e. The largest absolute Gasteiger partial charge is 0.462 e. The molecule has 0 aromatic heterocycles. The summed E-state index contributed by atoms with van der Waals surface area (Å²) in [6.07, 6.45) is 0.904. The van der Waals surface area contributed by atoms with Crippen molar-refractivity contribution >= 4 is 40.3 Å². The van der Waals surface area contributed by atoms with Gasteiger partial charge >= 0.3 is 5.97 Å². The van der Waals surface area contributed by atoms with E-state index in [0.717, 1.165) is 21.8 Å². The van der Waals surface area contributed by atoms with Crippen molar-refractivity contribution in [3.63, 3.8) is 0 Å². The zero-order valence-electron chi connectivity index (χ0n) is 12.1. The number of benzene rings is 2. The fourth-order valence-electron chi connectivity index (χ4n) is 1.88. The van der Waals surface area contributed by atoms with E-state index < -0.39 is 0 Å². The highest BCUT2D eigenvalue weighted by molar-refractivity contribution is 14.1. The molecule has 2 nitrogen and oxygen atoms in total. The van der Waals surface area contributed by atoms with Gasteiger partial charge in [0.1, 0.15) is 0 Å². The van der Waals surface area contributed by atoms with Crippen molar-refractivity contribution in [3.8, 4) is 0 Å². The molecule has 0 amide bonds. The number of hydrogen-bond donors (Lipinski definition) is 0. The van der Waals surface area contributed by atoms with E-state index in [1.807, 2.05) is 19.1 Å². The number of esters is 1. The molecule has 0 heterocycles. The summed E-state index contributed by atoms with van der Waals surface area (Å²) in [7, 11) is 0. The third-order valence-electron chi connectivity index (χ3n) is 2.99. The summed E-state index contributed by atoms with van der Waals surface area (Å²) in [5.41, 5.74) is 1.80. The summed E-state index contributed by atoms with van der Waals surface area (Å²) >= 11 is 3.87. The van der Waals surface area contributed by atoms with Gasteiger partial charge in [0.25, 0.3) is 0 Å². The van der Waals surface area contributed by atoms with Crippen LogP contribution in [0.2, 0.25) is 0 Å². The fourth-order valence-corrected chi connectivity index (χ4v) is 3.16. The molecular weight excluding hydrogens is 395 g/mol. The van der Waals surface area contributed by atoms with Gasteiger partial charge in [0, 0.05) is 13.4 Å². The van der Waals surface area contributed by atoms with Gasteiger partial charge < -0.3 is 4.74 Å². The Bertz CT molecular complexity index is 623. The standard InChI is InChI=1S/C17H17IO2S/c1-3-12-5-10-16(15(11-12)17(19)20-4-2)21-14-8-6-13(18)7-9-14/h5-11H,3-4H2,1-2H3. The molecule has 0 saturated carbocycles. The van der Waals surface area contributed by atoms with Crippen LogP contribution in [0.15, 0.2) is 52.3 Å². The second-order valence-corrected chi connectivity index (χ2v) is 6.82. The van der Waals surface area contributed by atoms with Crippen LogP contribution in [0.3, 0.4) is 0 Å². The minimum atomic E-state index is -0.249. The first-order valence-electron chi connectivity index (χ1n) is 6.87.